The number of nitriles is 1. The molecule has 0 bridgehead atoms. The zero-order valence-electron chi connectivity index (χ0n) is 10.8. The number of carbonyl (C=O) groups excluding carboxylic acids is 1. The van der Waals surface area contributed by atoms with E-state index in [1.165, 1.54) is 12.1 Å². The van der Waals surface area contributed by atoms with Crippen molar-refractivity contribution in [1.29, 1.82) is 5.26 Å². The summed E-state index contributed by atoms with van der Waals surface area (Å²) < 4.78 is 43.3. The van der Waals surface area contributed by atoms with Gasteiger partial charge in [-0.3, -0.25) is 0 Å². The molecule has 0 aliphatic heterocycles. The van der Waals surface area contributed by atoms with Crippen LogP contribution in [0.2, 0.25) is 5.02 Å². The Labute approximate surface area is 123 Å². The fourth-order valence-electron chi connectivity index (χ4n) is 1.43. The van der Waals surface area contributed by atoms with Gasteiger partial charge < -0.3 is 10.1 Å². The molecule has 0 saturated heterocycles. The monoisotopic (exact) mass is 318 g/mol. The maximum absolute atomic E-state index is 12.9. The summed E-state index contributed by atoms with van der Waals surface area (Å²) in [5.41, 5.74) is -1.90. The second-order valence-corrected chi connectivity index (χ2v) is 4.10. The lowest BCUT2D eigenvalue weighted by molar-refractivity contribution is -0.138. The summed E-state index contributed by atoms with van der Waals surface area (Å²) in [6, 6.07) is 5.07. The van der Waals surface area contributed by atoms with Crippen LogP contribution in [0.5, 0.6) is 0 Å². The van der Waals surface area contributed by atoms with Crippen LogP contribution in [0.15, 0.2) is 30.0 Å². The molecule has 21 heavy (non-hydrogen) atoms. The Morgan fingerprint density at radius 3 is 2.71 bits per heavy atom. The summed E-state index contributed by atoms with van der Waals surface area (Å²) in [6.07, 6.45) is -3.83. The minimum Gasteiger partial charge on any atom is -0.462 e. The third kappa shape index (κ3) is 4.39. The zero-order valence-corrected chi connectivity index (χ0v) is 11.5. The molecule has 0 heterocycles. The number of nitrogens with zero attached hydrogens (tertiary/aromatic N) is 1. The van der Waals surface area contributed by atoms with Crippen LogP contribution >= 0.6 is 11.6 Å². The van der Waals surface area contributed by atoms with E-state index in [9.17, 15) is 18.0 Å². The molecule has 0 atom stereocenters. The van der Waals surface area contributed by atoms with E-state index in [2.05, 4.69) is 10.1 Å². The Balaban J connectivity index is 3.12. The van der Waals surface area contributed by atoms with Crippen LogP contribution < -0.4 is 5.32 Å². The topological polar surface area (TPSA) is 62.1 Å². The molecule has 0 amide bonds. The number of nitrogens with one attached hydrogen (secondary N) is 1. The fraction of sp³-hybridized carbons (Fsp3) is 0.231. The van der Waals surface area contributed by atoms with E-state index in [0.717, 1.165) is 18.3 Å². The number of benzene rings is 1. The molecule has 0 fully saturated rings. The maximum atomic E-state index is 12.9. The summed E-state index contributed by atoms with van der Waals surface area (Å²) in [5, 5.41) is 10.5. The first-order chi connectivity index (χ1) is 9.81. The first kappa shape index (κ1) is 16.9. The zero-order chi connectivity index (χ0) is 16.0. The van der Waals surface area contributed by atoms with Gasteiger partial charge in [0.2, 0.25) is 0 Å². The summed E-state index contributed by atoms with van der Waals surface area (Å²) in [4.78, 5) is 11.3. The van der Waals surface area contributed by atoms with Gasteiger partial charge >= 0.3 is 12.1 Å². The molecule has 112 valence electrons. The van der Waals surface area contributed by atoms with E-state index in [1.54, 1.807) is 6.92 Å². The summed E-state index contributed by atoms with van der Waals surface area (Å²) in [6.45, 7) is 1.59. The summed E-state index contributed by atoms with van der Waals surface area (Å²) >= 11 is 5.54. The van der Waals surface area contributed by atoms with Gasteiger partial charge in [0.1, 0.15) is 6.07 Å². The molecule has 1 aromatic rings. The Kier molecular flexibility index (Phi) is 5.61. The average Bonchev–Trinajstić information content (AvgIpc) is 2.38. The second-order valence-electron chi connectivity index (χ2n) is 3.69. The summed E-state index contributed by atoms with van der Waals surface area (Å²) in [7, 11) is 0. The van der Waals surface area contributed by atoms with E-state index >= 15 is 0 Å². The van der Waals surface area contributed by atoms with E-state index in [1.807, 2.05) is 0 Å². The highest BCUT2D eigenvalue weighted by atomic mass is 35.5. The predicted octanol–water partition coefficient (Wildman–Crippen LogP) is 3.74. The number of halogens is 4. The molecule has 1 N–H and O–H groups in total. The minimum absolute atomic E-state index is 0.0445. The lowest BCUT2D eigenvalue weighted by Gasteiger charge is -2.14. The van der Waals surface area contributed by atoms with Crippen LogP contribution in [0, 0.1) is 11.3 Å². The molecule has 0 aliphatic rings. The lowest BCUT2D eigenvalue weighted by Crippen LogP contribution is -2.11. The SMILES string of the molecule is CCOC(=O)/C(C#N)=C\Nc1cccc(Cl)c1C(F)(F)F. The first-order valence-corrected chi connectivity index (χ1v) is 6.08. The van der Waals surface area contributed by atoms with Gasteiger partial charge in [-0.05, 0) is 19.1 Å². The van der Waals surface area contributed by atoms with E-state index in [4.69, 9.17) is 16.9 Å². The molecule has 1 aromatic carbocycles. The molecule has 0 saturated carbocycles. The van der Waals surface area contributed by atoms with Crippen LogP contribution in [0.25, 0.3) is 0 Å². The molecule has 4 nitrogen and oxygen atoms in total. The minimum atomic E-state index is -4.68. The van der Waals surface area contributed by atoms with Crippen LogP contribution in [-0.2, 0) is 15.7 Å². The number of ether oxygens (including phenoxy) is 1. The van der Waals surface area contributed by atoms with Crippen molar-refractivity contribution >= 4 is 23.3 Å². The molecule has 0 unspecified atom stereocenters. The number of hydrogen-bond donors (Lipinski definition) is 1. The van der Waals surface area contributed by atoms with Crippen molar-refractivity contribution in [2.45, 2.75) is 13.1 Å². The van der Waals surface area contributed by atoms with Crippen molar-refractivity contribution in [3.63, 3.8) is 0 Å². The average molecular weight is 319 g/mol. The van der Waals surface area contributed by atoms with E-state index in [0.29, 0.717) is 0 Å². The van der Waals surface area contributed by atoms with E-state index in [-0.39, 0.29) is 12.3 Å². The quantitative estimate of drug-likeness (QED) is 0.522. The number of hydrogen-bond acceptors (Lipinski definition) is 4. The fourth-order valence-corrected chi connectivity index (χ4v) is 1.71. The smallest absolute Gasteiger partial charge is 0.419 e. The van der Waals surface area contributed by atoms with Gasteiger partial charge in [-0.15, -0.1) is 0 Å². The predicted molar refractivity (Wildman–Crippen MR) is 70.4 cm³/mol. The first-order valence-electron chi connectivity index (χ1n) is 5.70. The van der Waals surface area contributed by atoms with Crippen molar-refractivity contribution in [2.75, 3.05) is 11.9 Å². The van der Waals surface area contributed by atoms with Crippen LogP contribution in [-0.4, -0.2) is 12.6 Å². The Hall–Kier alpha value is -2.20. The van der Waals surface area contributed by atoms with Crippen molar-refractivity contribution in [3.05, 3.63) is 40.6 Å². The molecule has 0 radical (unpaired) electrons. The summed E-state index contributed by atoms with van der Waals surface area (Å²) in [5.74, 6) is -0.928. The Morgan fingerprint density at radius 2 is 2.19 bits per heavy atom. The highest BCUT2D eigenvalue weighted by Gasteiger charge is 2.36. The molecule has 1 rings (SSSR count). The number of anilines is 1. The van der Waals surface area contributed by atoms with Gasteiger partial charge in [0.15, 0.2) is 5.57 Å². The van der Waals surface area contributed by atoms with Crippen molar-refractivity contribution in [3.8, 4) is 6.07 Å². The molecular formula is C13H10ClF3N2O2. The van der Waals surface area contributed by atoms with Gasteiger partial charge in [-0.2, -0.15) is 18.4 Å². The van der Waals surface area contributed by atoms with Crippen LogP contribution in [0.3, 0.4) is 0 Å². The van der Waals surface area contributed by atoms with Crippen molar-refractivity contribution < 1.29 is 22.7 Å². The highest BCUT2D eigenvalue weighted by Crippen LogP contribution is 2.39. The number of rotatable bonds is 4. The molecular weight excluding hydrogens is 309 g/mol. The molecule has 8 heteroatoms. The van der Waals surface area contributed by atoms with Gasteiger partial charge in [-0.25, -0.2) is 4.79 Å². The highest BCUT2D eigenvalue weighted by molar-refractivity contribution is 6.31. The number of esters is 1. The van der Waals surface area contributed by atoms with Crippen molar-refractivity contribution in [1.82, 2.24) is 0 Å². The normalized spacial score (nSPS) is 11.7. The van der Waals surface area contributed by atoms with Crippen molar-refractivity contribution in [2.24, 2.45) is 0 Å². The maximum Gasteiger partial charge on any atom is 0.419 e. The number of carbonyl (C=O) groups is 1. The Morgan fingerprint density at radius 1 is 1.52 bits per heavy atom. The lowest BCUT2D eigenvalue weighted by atomic mass is 10.1. The van der Waals surface area contributed by atoms with Crippen LogP contribution in [0.1, 0.15) is 12.5 Å². The third-order valence-electron chi connectivity index (χ3n) is 2.28. The third-order valence-corrected chi connectivity index (χ3v) is 2.60. The largest absolute Gasteiger partial charge is 0.462 e. The van der Waals surface area contributed by atoms with Gasteiger partial charge in [0.05, 0.1) is 22.9 Å². The van der Waals surface area contributed by atoms with Crippen LogP contribution in [0.4, 0.5) is 18.9 Å². The van der Waals surface area contributed by atoms with Gasteiger partial charge in [0.25, 0.3) is 0 Å². The van der Waals surface area contributed by atoms with Gasteiger partial charge in [-0.1, -0.05) is 17.7 Å². The number of alkyl halides is 3. The van der Waals surface area contributed by atoms with Gasteiger partial charge in [0, 0.05) is 6.20 Å². The second kappa shape index (κ2) is 6.99. The molecule has 0 spiro atoms. The molecule has 0 aliphatic carbocycles. The standard InChI is InChI=1S/C13H10ClF3N2O2/c1-2-21-12(20)8(6-18)7-19-10-5-3-4-9(14)11(10)13(15,16)17/h3-5,7,19H,2H2,1H3/b8-7-. The Bertz CT molecular complexity index is 606. The van der Waals surface area contributed by atoms with E-state index < -0.39 is 28.3 Å². The molecule has 0 aromatic heterocycles.